The third-order valence-corrected chi connectivity index (χ3v) is 1.54. The largest absolute Gasteiger partial charge is 0.382 e. The van der Waals surface area contributed by atoms with Crippen LogP contribution in [-0.4, -0.2) is 29.2 Å². The van der Waals surface area contributed by atoms with Crippen molar-refractivity contribution in [3.8, 4) is 0 Å². The maximum absolute atomic E-state index is 5.57. The highest BCUT2D eigenvalue weighted by Gasteiger charge is 2.09. The predicted octanol–water partition coefficient (Wildman–Crippen LogP) is 1.11. The minimum atomic E-state index is 0.373. The van der Waals surface area contributed by atoms with Gasteiger partial charge in [-0.2, -0.15) is 0 Å². The minimum Gasteiger partial charge on any atom is -0.382 e. The molecule has 0 atom stereocenters. The second-order valence-corrected chi connectivity index (χ2v) is 2.29. The van der Waals surface area contributed by atoms with Gasteiger partial charge in [0.15, 0.2) is 5.82 Å². The molecule has 1 heterocycles. The lowest BCUT2D eigenvalue weighted by Crippen LogP contribution is -2.13. The zero-order chi connectivity index (χ0) is 11.1. The van der Waals surface area contributed by atoms with Gasteiger partial charge in [-0.05, 0) is 6.72 Å². The van der Waals surface area contributed by atoms with Gasteiger partial charge in [0.25, 0.3) is 0 Å². The zero-order valence-corrected chi connectivity index (χ0v) is 9.15. The van der Waals surface area contributed by atoms with Gasteiger partial charge in [0.1, 0.15) is 11.5 Å². The van der Waals surface area contributed by atoms with E-state index in [1.54, 1.807) is 17.9 Å². The molecule has 0 unspecified atom stereocenters. The van der Waals surface area contributed by atoms with Gasteiger partial charge in [0.05, 0.1) is 6.33 Å². The van der Waals surface area contributed by atoms with E-state index < -0.39 is 0 Å². The Hall–Kier alpha value is -1.65. The Morgan fingerprint density at radius 2 is 2.14 bits per heavy atom. The fraction of sp³-hybridized carbons (Fsp3) is 0.444. The molecule has 0 spiro atoms. The van der Waals surface area contributed by atoms with E-state index in [2.05, 4.69) is 21.7 Å². The van der Waals surface area contributed by atoms with Gasteiger partial charge in [0.2, 0.25) is 0 Å². The average Bonchev–Trinajstić information content (AvgIpc) is 2.61. The fourth-order valence-electron chi connectivity index (χ4n) is 0.897. The highest BCUT2D eigenvalue weighted by molar-refractivity contribution is 5.99. The third-order valence-electron chi connectivity index (χ3n) is 1.54. The molecule has 14 heavy (non-hydrogen) atoms. The molecule has 0 aromatic carbocycles. The number of hydrogen-bond donors (Lipinski definition) is 1. The molecule has 5 heteroatoms. The first kappa shape index (κ1) is 12.3. The minimum absolute atomic E-state index is 0.373. The van der Waals surface area contributed by atoms with E-state index in [9.17, 15) is 0 Å². The van der Waals surface area contributed by atoms with Crippen molar-refractivity contribution in [2.24, 2.45) is 22.8 Å². The van der Waals surface area contributed by atoms with Crippen LogP contribution in [-0.2, 0) is 7.05 Å². The monoisotopic (exact) mass is 195 g/mol. The Balaban J connectivity index is 0.000000791. The average molecular weight is 195 g/mol. The maximum atomic E-state index is 5.57. The van der Waals surface area contributed by atoms with Gasteiger partial charge in [-0.1, -0.05) is 13.8 Å². The summed E-state index contributed by atoms with van der Waals surface area (Å²) in [5.41, 5.74) is 6.15. The summed E-state index contributed by atoms with van der Waals surface area (Å²) in [5, 5.41) is 0. The van der Waals surface area contributed by atoms with Crippen LogP contribution in [0.5, 0.6) is 0 Å². The maximum Gasteiger partial charge on any atom is 0.162 e. The van der Waals surface area contributed by atoms with E-state index >= 15 is 0 Å². The summed E-state index contributed by atoms with van der Waals surface area (Å²) < 4.78 is 1.74. The number of aryl methyl sites for hydroxylation is 1. The van der Waals surface area contributed by atoms with Crippen LogP contribution in [0.1, 0.15) is 19.5 Å². The van der Waals surface area contributed by atoms with Crippen molar-refractivity contribution in [1.82, 2.24) is 9.55 Å². The van der Waals surface area contributed by atoms with Crippen molar-refractivity contribution in [3.63, 3.8) is 0 Å². The second kappa shape index (κ2) is 5.90. The van der Waals surface area contributed by atoms with Gasteiger partial charge in [-0.15, -0.1) is 0 Å². The molecule has 0 aliphatic rings. The molecular weight excluding hydrogens is 178 g/mol. The molecule has 78 valence electrons. The number of aromatic nitrogens is 2. The van der Waals surface area contributed by atoms with Gasteiger partial charge < -0.3 is 10.3 Å². The number of aliphatic imine (C=N–C) groups is 2. The quantitative estimate of drug-likeness (QED) is 0.567. The van der Waals surface area contributed by atoms with Gasteiger partial charge >= 0.3 is 0 Å². The summed E-state index contributed by atoms with van der Waals surface area (Å²) in [6.07, 6.45) is 1.62. The highest BCUT2D eigenvalue weighted by atomic mass is 15.1. The number of nitrogens with zero attached hydrogens (tertiary/aromatic N) is 4. The van der Waals surface area contributed by atoms with Crippen LogP contribution < -0.4 is 5.73 Å². The summed E-state index contributed by atoms with van der Waals surface area (Å²) >= 11 is 0. The Labute approximate surface area is 84.4 Å². The lowest BCUT2D eigenvalue weighted by molar-refractivity contribution is 0.913. The smallest absolute Gasteiger partial charge is 0.162 e. The van der Waals surface area contributed by atoms with Gasteiger partial charge in [-0.3, -0.25) is 4.99 Å². The van der Waals surface area contributed by atoms with Crippen molar-refractivity contribution in [3.05, 3.63) is 12.0 Å². The van der Waals surface area contributed by atoms with E-state index in [4.69, 9.17) is 5.73 Å². The van der Waals surface area contributed by atoms with Crippen molar-refractivity contribution in [1.29, 1.82) is 0 Å². The zero-order valence-electron chi connectivity index (χ0n) is 9.15. The molecule has 2 N–H and O–H groups in total. The van der Waals surface area contributed by atoms with Crippen molar-refractivity contribution in [2.45, 2.75) is 13.8 Å². The first-order valence-electron chi connectivity index (χ1n) is 4.41. The van der Waals surface area contributed by atoms with E-state index in [-0.39, 0.29) is 0 Å². The molecule has 0 bridgehead atoms. The lowest BCUT2D eigenvalue weighted by Gasteiger charge is -1.97. The molecule has 0 fully saturated rings. The molecule has 0 radical (unpaired) electrons. The Bertz CT molecular complexity index is 324. The van der Waals surface area contributed by atoms with Crippen molar-refractivity contribution >= 4 is 18.4 Å². The number of hydrogen-bond acceptors (Lipinski definition) is 3. The number of nitrogens with two attached hydrogens (primary N) is 1. The molecule has 0 saturated heterocycles. The third kappa shape index (κ3) is 2.42. The van der Waals surface area contributed by atoms with Crippen LogP contribution in [0.4, 0.5) is 5.82 Å². The standard InChI is InChI=1S/C7H11N5.C2H6/c1-9-6(8)5-7(10-2)12(3)4-11-5;1-2/h4H,2H2,1,3H3,(H2,8,9);1-2H3. The van der Waals surface area contributed by atoms with Gasteiger partial charge in [0, 0.05) is 14.1 Å². The summed E-state index contributed by atoms with van der Waals surface area (Å²) in [7, 11) is 3.43. The summed E-state index contributed by atoms with van der Waals surface area (Å²) in [6.45, 7) is 7.42. The molecule has 0 aliphatic heterocycles. The Morgan fingerprint density at radius 3 is 2.57 bits per heavy atom. The van der Waals surface area contributed by atoms with Crippen LogP contribution in [0.25, 0.3) is 0 Å². The topological polar surface area (TPSA) is 68.6 Å². The van der Waals surface area contributed by atoms with Crippen LogP contribution in [0.15, 0.2) is 16.3 Å². The van der Waals surface area contributed by atoms with Crippen LogP contribution in [0, 0.1) is 0 Å². The summed E-state index contributed by atoms with van der Waals surface area (Å²) in [4.78, 5) is 11.6. The molecule has 0 amide bonds. The molecule has 1 aromatic heterocycles. The molecule has 5 nitrogen and oxygen atoms in total. The van der Waals surface area contributed by atoms with Crippen molar-refractivity contribution in [2.75, 3.05) is 7.05 Å². The number of imidazole rings is 1. The normalized spacial score (nSPS) is 10.4. The Kier molecular flexibility index (Phi) is 5.21. The summed E-state index contributed by atoms with van der Waals surface area (Å²) in [6, 6.07) is 0. The van der Waals surface area contributed by atoms with E-state index in [0.717, 1.165) is 0 Å². The van der Waals surface area contributed by atoms with Crippen molar-refractivity contribution < 1.29 is 0 Å². The van der Waals surface area contributed by atoms with E-state index in [1.807, 2.05) is 20.9 Å². The fourth-order valence-corrected chi connectivity index (χ4v) is 0.897. The van der Waals surface area contributed by atoms with E-state index in [0.29, 0.717) is 17.3 Å². The first-order chi connectivity index (χ1) is 6.70. The lowest BCUT2D eigenvalue weighted by atomic mass is 10.4. The van der Waals surface area contributed by atoms with Crippen LogP contribution in [0.3, 0.4) is 0 Å². The van der Waals surface area contributed by atoms with Crippen LogP contribution >= 0.6 is 0 Å². The Morgan fingerprint density at radius 1 is 1.57 bits per heavy atom. The second-order valence-electron chi connectivity index (χ2n) is 2.29. The number of amidine groups is 1. The molecule has 1 rings (SSSR count). The number of rotatable bonds is 2. The molecule has 0 aliphatic carbocycles. The van der Waals surface area contributed by atoms with Crippen LogP contribution in [0.2, 0.25) is 0 Å². The summed E-state index contributed by atoms with van der Waals surface area (Å²) in [5.74, 6) is 1.01. The molecule has 1 aromatic rings. The first-order valence-corrected chi connectivity index (χ1v) is 4.41. The van der Waals surface area contributed by atoms with E-state index in [1.165, 1.54) is 0 Å². The molecular formula is C9H17N5. The molecule has 0 saturated carbocycles. The van der Waals surface area contributed by atoms with Gasteiger partial charge in [-0.25, -0.2) is 9.98 Å². The SMILES string of the molecule is C=Nc1c(C(N)=NC)ncn1C.CC. The predicted molar refractivity (Wildman–Crippen MR) is 60.4 cm³/mol. The highest BCUT2D eigenvalue weighted by Crippen LogP contribution is 2.14.